The van der Waals surface area contributed by atoms with Gasteiger partial charge < -0.3 is 0 Å². The number of aryl methyl sites for hydroxylation is 4. The minimum absolute atomic E-state index is 1.00. The second kappa shape index (κ2) is 11.6. The van der Waals surface area contributed by atoms with E-state index in [0.717, 1.165) is 31.4 Å². The van der Waals surface area contributed by atoms with Gasteiger partial charge in [-0.2, -0.15) is 0 Å². The van der Waals surface area contributed by atoms with Crippen molar-refractivity contribution in [2.75, 3.05) is 0 Å². The van der Waals surface area contributed by atoms with Crippen LogP contribution in [0.5, 0.6) is 0 Å². The van der Waals surface area contributed by atoms with E-state index in [0.29, 0.717) is 0 Å². The summed E-state index contributed by atoms with van der Waals surface area (Å²) in [6.07, 6.45) is 6.68. The number of hydrogen-bond acceptors (Lipinski definition) is 1. The quantitative estimate of drug-likeness (QED) is 0.258. The van der Waals surface area contributed by atoms with Crippen LogP contribution in [0.25, 0.3) is 0 Å². The van der Waals surface area contributed by atoms with Gasteiger partial charge in [0.15, 0.2) is 0 Å². The van der Waals surface area contributed by atoms with E-state index in [1.807, 2.05) is 0 Å². The topological polar surface area (TPSA) is 15.4 Å². The molecule has 0 spiro atoms. The standard InChI is InChI=1S/C26H36N2.Pd/c1-7-9-11-25(27-23-15-19(3)13-20(4)16-23)26(12-10-8-2)28-24-17-21(5)14-22(6)18-24;/h13-18H,7-12H2,1-6H3;/q;+1. The molecule has 0 aliphatic heterocycles. The third kappa shape index (κ3) is 7.32. The molecule has 0 saturated carbocycles. The summed E-state index contributed by atoms with van der Waals surface area (Å²) in [5.74, 6) is 0. The number of nitrogens with zero attached hydrogens (tertiary/aromatic N) is 2. The first kappa shape index (κ1) is 23.7. The predicted molar refractivity (Wildman–Crippen MR) is 123 cm³/mol. The number of benzene rings is 2. The Labute approximate surface area is 188 Å². The van der Waals surface area contributed by atoms with Crippen LogP contribution in [0.2, 0.25) is 0 Å². The van der Waals surface area contributed by atoms with Gasteiger partial charge in [-0.1, -0.05) is 0 Å². The molecular formula is C26H36N2Pd+. The molecule has 29 heavy (non-hydrogen) atoms. The van der Waals surface area contributed by atoms with Crippen LogP contribution in [-0.2, 0) is 19.4 Å². The first-order valence-electron chi connectivity index (χ1n) is 10.9. The van der Waals surface area contributed by atoms with Crippen molar-refractivity contribution in [3.8, 4) is 0 Å². The molecule has 2 aromatic rings. The van der Waals surface area contributed by atoms with Crippen molar-refractivity contribution in [3.63, 3.8) is 0 Å². The van der Waals surface area contributed by atoms with Crippen molar-refractivity contribution in [2.24, 2.45) is 4.99 Å². The van der Waals surface area contributed by atoms with Crippen LogP contribution < -0.4 is 0 Å². The fraction of sp³-hybridized carbons (Fsp3) is 0.462. The first-order chi connectivity index (χ1) is 13.8. The minimum atomic E-state index is 1.00. The summed E-state index contributed by atoms with van der Waals surface area (Å²) in [6, 6.07) is 13.3. The Balaban J connectivity index is 2.62. The molecule has 0 aliphatic carbocycles. The van der Waals surface area contributed by atoms with Crippen molar-refractivity contribution in [2.45, 2.75) is 80.1 Å². The molecule has 0 aliphatic rings. The SMILES string of the molecule is CCCCC(=Nc1cc(C)cc(C)c1)C(CCCC)=[N+]([Pd])c1cc(C)cc(C)c1. The summed E-state index contributed by atoms with van der Waals surface area (Å²) in [5.41, 5.74) is 9.86. The first-order valence-corrected chi connectivity index (χ1v) is 11.6. The average Bonchev–Trinajstić information content (AvgIpc) is 2.64. The van der Waals surface area contributed by atoms with E-state index < -0.39 is 0 Å². The molecule has 0 aromatic heterocycles. The number of unbranched alkanes of at least 4 members (excludes halogenated alkanes) is 2. The third-order valence-corrected chi connectivity index (χ3v) is 5.80. The van der Waals surface area contributed by atoms with Gasteiger partial charge in [-0.05, 0) is 0 Å². The van der Waals surface area contributed by atoms with E-state index in [1.165, 1.54) is 52.2 Å². The zero-order chi connectivity index (χ0) is 21.4. The van der Waals surface area contributed by atoms with Crippen LogP contribution in [0.15, 0.2) is 41.4 Å². The van der Waals surface area contributed by atoms with Crippen LogP contribution in [0, 0.1) is 27.7 Å². The van der Waals surface area contributed by atoms with E-state index in [2.05, 4.69) is 101 Å². The van der Waals surface area contributed by atoms with Crippen LogP contribution in [0.1, 0.15) is 74.6 Å². The molecule has 0 fully saturated rings. The molecule has 0 unspecified atom stereocenters. The van der Waals surface area contributed by atoms with Crippen LogP contribution in [-0.4, -0.2) is 14.6 Å². The zero-order valence-corrected chi connectivity index (χ0v) is 20.5. The Morgan fingerprint density at radius 2 is 1.24 bits per heavy atom. The van der Waals surface area contributed by atoms with Crippen LogP contribution in [0.4, 0.5) is 11.4 Å². The normalized spacial score (nSPS) is 12.9. The van der Waals surface area contributed by atoms with Gasteiger partial charge in [0.05, 0.1) is 0 Å². The average molecular weight is 483 g/mol. The molecule has 0 heterocycles. The van der Waals surface area contributed by atoms with Crippen molar-refractivity contribution in [1.82, 2.24) is 0 Å². The van der Waals surface area contributed by atoms with Gasteiger partial charge in [-0.3, -0.25) is 0 Å². The molecule has 0 atom stereocenters. The molecule has 0 radical (unpaired) electrons. The molecule has 2 nitrogen and oxygen atoms in total. The van der Waals surface area contributed by atoms with Crippen molar-refractivity contribution in [3.05, 3.63) is 58.7 Å². The van der Waals surface area contributed by atoms with Gasteiger partial charge >= 0.3 is 189 Å². The monoisotopic (exact) mass is 482 g/mol. The van der Waals surface area contributed by atoms with Gasteiger partial charge in [0.1, 0.15) is 0 Å². The molecule has 0 amide bonds. The molecular weight excluding hydrogens is 447 g/mol. The van der Waals surface area contributed by atoms with Crippen molar-refractivity contribution < 1.29 is 22.7 Å². The second-order valence-electron chi connectivity index (χ2n) is 8.16. The molecule has 2 aromatic carbocycles. The summed E-state index contributed by atoms with van der Waals surface area (Å²) in [5, 5.41) is 0. The van der Waals surface area contributed by atoms with E-state index >= 15 is 0 Å². The molecule has 0 saturated heterocycles. The molecule has 0 N–H and O–H groups in total. The number of aliphatic imine (C=N–C) groups is 1. The predicted octanol–water partition coefficient (Wildman–Crippen LogP) is 7.62. The summed E-state index contributed by atoms with van der Waals surface area (Å²) < 4.78 is 2.23. The molecule has 2 rings (SSSR count). The Morgan fingerprint density at radius 1 is 0.759 bits per heavy atom. The summed E-state index contributed by atoms with van der Waals surface area (Å²) in [6.45, 7) is 13.1. The Bertz CT molecular complexity index is 853. The second-order valence-corrected chi connectivity index (χ2v) is 8.85. The summed E-state index contributed by atoms with van der Waals surface area (Å²) in [7, 11) is 0. The number of rotatable bonds is 9. The van der Waals surface area contributed by atoms with E-state index in [4.69, 9.17) is 4.99 Å². The van der Waals surface area contributed by atoms with E-state index in [-0.39, 0.29) is 0 Å². The Hall–Kier alpha value is -1.56. The molecule has 159 valence electrons. The van der Waals surface area contributed by atoms with Gasteiger partial charge in [-0.15, -0.1) is 0 Å². The zero-order valence-electron chi connectivity index (χ0n) is 18.9. The maximum absolute atomic E-state index is 5.18. The van der Waals surface area contributed by atoms with Crippen LogP contribution >= 0.6 is 0 Å². The van der Waals surface area contributed by atoms with Gasteiger partial charge in [0.2, 0.25) is 0 Å². The Kier molecular flexibility index (Phi) is 9.47. The third-order valence-electron chi connectivity index (χ3n) is 4.98. The fourth-order valence-corrected chi connectivity index (χ4v) is 4.25. The van der Waals surface area contributed by atoms with Crippen molar-refractivity contribution in [1.29, 1.82) is 0 Å². The Morgan fingerprint density at radius 3 is 1.76 bits per heavy atom. The summed E-state index contributed by atoms with van der Waals surface area (Å²) in [4.78, 5) is 5.18. The van der Waals surface area contributed by atoms with Crippen LogP contribution in [0.3, 0.4) is 0 Å². The fourth-order valence-electron chi connectivity index (χ4n) is 3.68. The van der Waals surface area contributed by atoms with Gasteiger partial charge in [0.25, 0.3) is 0 Å². The molecule has 0 bridgehead atoms. The van der Waals surface area contributed by atoms with Gasteiger partial charge in [0, 0.05) is 0 Å². The number of hydrogen-bond donors (Lipinski definition) is 0. The van der Waals surface area contributed by atoms with Gasteiger partial charge in [-0.25, -0.2) is 0 Å². The maximum atomic E-state index is 5.18. The van der Waals surface area contributed by atoms with Crippen molar-refractivity contribution >= 4 is 22.8 Å². The van der Waals surface area contributed by atoms with E-state index in [1.54, 1.807) is 0 Å². The molecule has 3 heteroatoms. The van der Waals surface area contributed by atoms with E-state index in [9.17, 15) is 0 Å². The summed E-state index contributed by atoms with van der Waals surface area (Å²) >= 11 is 3.56.